The Kier molecular flexibility index (Phi) is 4.80. The average molecular weight is 251 g/mol. The van der Waals surface area contributed by atoms with E-state index in [1.54, 1.807) is 0 Å². The summed E-state index contributed by atoms with van der Waals surface area (Å²) in [6.45, 7) is 7.81. The second-order valence-corrected chi connectivity index (χ2v) is 5.17. The van der Waals surface area contributed by atoms with Gasteiger partial charge in [0.1, 0.15) is 0 Å². The van der Waals surface area contributed by atoms with Crippen molar-refractivity contribution in [2.45, 2.75) is 25.9 Å². The van der Waals surface area contributed by atoms with Gasteiger partial charge in [-0.15, -0.1) is 0 Å². The lowest BCUT2D eigenvalue weighted by Gasteiger charge is -2.38. The summed E-state index contributed by atoms with van der Waals surface area (Å²) in [6, 6.07) is 4.64. The molecular weight excluding hydrogens is 226 g/mol. The summed E-state index contributed by atoms with van der Waals surface area (Å²) in [5.41, 5.74) is 1.37. The Morgan fingerprint density at radius 1 is 1.28 bits per heavy atom. The maximum atomic E-state index is 9.33. The SMILES string of the molecule is CCC(CO)N1CCN(Cc2cccn2C)CC1. The molecule has 1 unspecified atom stereocenters. The Bertz CT molecular complexity index is 352. The molecule has 4 heteroatoms. The van der Waals surface area contributed by atoms with Crippen LogP contribution in [0.1, 0.15) is 19.0 Å². The molecule has 2 rings (SSSR count). The summed E-state index contributed by atoms with van der Waals surface area (Å²) >= 11 is 0. The molecule has 1 aliphatic rings. The van der Waals surface area contributed by atoms with Gasteiger partial charge >= 0.3 is 0 Å². The normalized spacial score (nSPS) is 20.2. The van der Waals surface area contributed by atoms with E-state index in [0.29, 0.717) is 6.04 Å². The first-order chi connectivity index (χ1) is 8.74. The minimum atomic E-state index is 0.286. The third-order valence-electron chi connectivity index (χ3n) is 4.04. The third kappa shape index (κ3) is 3.13. The molecule has 18 heavy (non-hydrogen) atoms. The van der Waals surface area contributed by atoms with E-state index < -0.39 is 0 Å². The first kappa shape index (κ1) is 13.6. The molecule has 1 aromatic rings. The molecule has 0 spiro atoms. The molecule has 0 saturated carbocycles. The van der Waals surface area contributed by atoms with Gasteiger partial charge in [0.15, 0.2) is 0 Å². The number of aliphatic hydroxyl groups is 1. The summed E-state index contributed by atoms with van der Waals surface area (Å²) in [7, 11) is 2.10. The molecule has 0 aromatic carbocycles. The van der Waals surface area contributed by atoms with Crippen molar-refractivity contribution in [2.24, 2.45) is 7.05 Å². The fourth-order valence-electron chi connectivity index (χ4n) is 2.68. The number of hydrogen-bond acceptors (Lipinski definition) is 3. The molecule has 0 amide bonds. The summed E-state index contributed by atoms with van der Waals surface area (Å²) in [4.78, 5) is 4.91. The van der Waals surface area contributed by atoms with Gasteiger partial charge < -0.3 is 9.67 Å². The lowest BCUT2D eigenvalue weighted by atomic mass is 10.1. The van der Waals surface area contributed by atoms with Crippen LogP contribution < -0.4 is 0 Å². The number of aliphatic hydroxyl groups excluding tert-OH is 1. The van der Waals surface area contributed by atoms with Crippen molar-refractivity contribution in [1.82, 2.24) is 14.4 Å². The smallest absolute Gasteiger partial charge is 0.0586 e. The Balaban J connectivity index is 1.82. The molecule has 4 nitrogen and oxygen atoms in total. The quantitative estimate of drug-likeness (QED) is 0.844. The number of aromatic nitrogens is 1. The summed E-state index contributed by atoms with van der Waals surface area (Å²) in [6.07, 6.45) is 3.14. The monoisotopic (exact) mass is 251 g/mol. The molecule has 2 heterocycles. The fourth-order valence-corrected chi connectivity index (χ4v) is 2.68. The van der Waals surface area contributed by atoms with Crippen molar-refractivity contribution in [3.05, 3.63) is 24.0 Å². The van der Waals surface area contributed by atoms with Crippen LogP contribution >= 0.6 is 0 Å². The first-order valence-corrected chi connectivity index (χ1v) is 6.92. The number of nitrogens with zero attached hydrogens (tertiary/aromatic N) is 3. The van der Waals surface area contributed by atoms with Gasteiger partial charge in [-0.05, 0) is 18.6 Å². The minimum Gasteiger partial charge on any atom is -0.395 e. The van der Waals surface area contributed by atoms with Gasteiger partial charge in [0.2, 0.25) is 0 Å². The molecule has 1 N–H and O–H groups in total. The van der Waals surface area contributed by atoms with Gasteiger partial charge in [0.05, 0.1) is 6.61 Å². The Morgan fingerprint density at radius 2 is 2.00 bits per heavy atom. The van der Waals surface area contributed by atoms with Crippen molar-refractivity contribution in [3.63, 3.8) is 0 Å². The molecule has 102 valence electrons. The first-order valence-electron chi connectivity index (χ1n) is 6.92. The number of piperazine rings is 1. The molecule has 1 atom stereocenters. The van der Waals surface area contributed by atoms with Crippen molar-refractivity contribution >= 4 is 0 Å². The lowest BCUT2D eigenvalue weighted by molar-refractivity contribution is 0.0601. The van der Waals surface area contributed by atoms with Gasteiger partial charge in [-0.25, -0.2) is 0 Å². The van der Waals surface area contributed by atoms with Gasteiger partial charge in [-0.2, -0.15) is 0 Å². The zero-order valence-electron chi connectivity index (χ0n) is 11.5. The number of rotatable bonds is 5. The maximum Gasteiger partial charge on any atom is 0.0586 e. The minimum absolute atomic E-state index is 0.286. The highest BCUT2D eigenvalue weighted by Crippen LogP contribution is 2.12. The zero-order chi connectivity index (χ0) is 13.0. The van der Waals surface area contributed by atoms with E-state index in [2.05, 4.69) is 46.7 Å². The van der Waals surface area contributed by atoms with Crippen LogP contribution in [0.25, 0.3) is 0 Å². The highest BCUT2D eigenvalue weighted by molar-refractivity contribution is 5.06. The van der Waals surface area contributed by atoms with Crippen molar-refractivity contribution in [3.8, 4) is 0 Å². The largest absolute Gasteiger partial charge is 0.395 e. The molecule has 0 aliphatic carbocycles. The van der Waals surface area contributed by atoms with E-state index in [9.17, 15) is 5.11 Å². The van der Waals surface area contributed by atoms with E-state index in [-0.39, 0.29) is 6.61 Å². The summed E-state index contributed by atoms with van der Waals surface area (Å²) in [5, 5.41) is 9.33. The Morgan fingerprint density at radius 3 is 2.50 bits per heavy atom. The van der Waals surface area contributed by atoms with Crippen LogP contribution in [0, 0.1) is 0 Å². The van der Waals surface area contributed by atoms with Crippen molar-refractivity contribution in [1.29, 1.82) is 0 Å². The summed E-state index contributed by atoms with van der Waals surface area (Å²) in [5.74, 6) is 0. The van der Waals surface area contributed by atoms with Crippen LogP contribution in [0.3, 0.4) is 0 Å². The van der Waals surface area contributed by atoms with Crippen LogP contribution in [-0.2, 0) is 13.6 Å². The van der Waals surface area contributed by atoms with Crippen LogP contribution in [0.2, 0.25) is 0 Å². The molecule has 0 bridgehead atoms. The molecule has 1 aliphatic heterocycles. The third-order valence-corrected chi connectivity index (χ3v) is 4.04. The van der Waals surface area contributed by atoms with Gasteiger partial charge in [0.25, 0.3) is 0 Å². The number of hydrogen-bond donors (Lipinski definition) is 1. The van der Waals surface area contributed by atoms with Crippen LogP contribution in [0.4, 0.5) is 0 Å². The second kappa shape index (κ2) is 6.36. The summed E-state index contributed by atoms with van der Waals surface area (Å²) < 4.78 is 2.19. The highest BCUT2D eigenvalue weighted by Gasteiger charge is 2.22. The molecular formula is C14H25N3O. The predicted molar refractivity (Wildman–Crippen MR) is 73.4 cm³/mol. The molecule has 1 saturated heterocycles. The van der Waals surface area contributed by atoms with Crippen LogP contribution in [0.5, 0.6) is 0 Å². The van der Waals surface area contributed by atoms with Gasteiger partial charge in [-0.1, -0.05) is 6.92 Å². The maximum absolute atomic E-state index is 9.33. The van der Waals surface area contributed by atoms with Crippen LogP contribution in [-0.4, -0.2) is 58.3 Å². The Hall–Kier alpha value is -0.840. The fraction of sp³-hybridized carbons (Fsp3) is 0.714. The molecule has 1 fully saturated rings. The van der Waals surface area contributed by atoms with E-state index in [0.717, 1.165) is 39.1 Å². The number of aryl methyl sites for hydroxylation is 1. The molecule has 0 radical (unpaired) electrons. The van der Waals surface area contributed by atoms with Gasteiger partial charge in [-0.3, -0.25) is 9.80 Å². The lowest BCUT2D eigenvalue weighted by Crippen LogP contribution is -2.50. The van der Waals surface area contributed by atoms with Gasteiger partial charge in [0, 0.05) is 57.7 Å². The van der Waals surface area contributed by atoms with E-state index in [1.807, 2.05) is 0 Å². The van der Waals surface area contributed by atoms with Crippen molar-refractivity contribution in [2.75, 3.05) is 32.8 Å². The topological polar surface area (TPSA) is 31.6 Å². The average Bonchev–Trinajstić information content (AvgIpc) is 2.79. The van der Waals surface area contributed by atoms with E-state index >= 15 is 0 Å². The van der Waals surface area contributed by atoms with E-state index in [4.69, 9.17) is 0 Å². The standard InChI is InChI=1S/C14H25N3O/c1-3-13(12-18)17-9-7-16(8-10-17)11-14-5-4-6-15(14)2/h4-6,13,18H,3,7-12H2,1-2H3. The highest BCUT2D eigenvalue weighted by atomic mass is 16.3. The van der Waals surface area contributed by atoms with E-state index in [1.165, 1.54) is 5.69 Å². The Labute approximate surface area is 110 Å². The second-order valence-electron chi connectivity index (χ2n) is 5.17. The zero-order valence-corrected chi connectivity index (χ0v) is 11.5. The molecule has 1 aromatic heterocycles. The predicted octanol–water partition coefficient (Wildman–Crippen LogP) is 0.914. The van der Waals surface area contributed by atoms with Crippen molar-refractivity contribution < 1.29 is 5.11 Å². The van der Waals surface area contributed by atoms with Crippen LogP contribution in [0.15, 0.2) is 18.3 Å².